The number of likely N-dealkylation sites (tertiary alicyclic amines) is 1. The second-order valence-corrected chi connectivity index (χ2v) is 6.02. The van der Waals surface area contributed by atoms with Crippen LogP contribution in [-0.2, 0) is 4.79 Å². The number of amides is 2. The zero-order valence-corrected chi connectivity index (χ0v) is 14.3. The third-order valence-electron chi connectivity index (χ3n) is 4.18. The molecule has 6 nitrogen and oxygen atoms in total. The van der Waals surface area contributed by atoms with Gasteiger partial charge in [-0.1, -0.05) is 12.1 Å². The van der Waals surface area contributed by atoms with Crippen LogP contribution in [0.3, 0.4) is 0 Å². The minimum atomic E-state index is -0.337. The van der Waals surface area contributed by atoms with E-state index < -0.39 is 0 Å². The molecule has 3 rings (SSSR count). The fourth-order valence-corrected chi connectivity index (χ4v) is 2.82. The van der Waals surface area contributed by atoms with Crippen molar-refractivity contribution >= 4 is 17.5 Å². The number of ether oxygens (including phenoxy) is 1. The van der Waals surface area contributed by atoms with Gasteiger partial charge in [0.2, 0.25) is 0 Å². The lowest BCUT2D eigenvalue weighted by molar-refractivity contribution is -0.118. The summed E-state index contributed by atoms with van der Waals surface area (Å²) in [5.41, 5.74) is 1.58. The number of anilines is 1. The Morgan fingerprint density at radius 1 is 1.08 bits per heavy atom. The average molecular weight is 349 g/mol. The molecule has 0 spiro atoms. The molecule has 1 heterocycles. The van der Waals surface area contributed by atoms with Crippen LogP contribution in [0.2, 0.25) is 0 Å². The van der Waals surface area contributed by atoms with Gasteiger partial charge in [0.25, 0.3) is 11.8 Å². The smallest absolute Gasteiger partial charge is 0.262 e. The highest BCUT2D eigenvalue weighted by atomic mass is 16.5. The number of hydrogen-bond acceptors (Lipinski definition) is 4. The third-order valence-corrected chi connectivity index (χ3v) is 4.18. The summed E-state index contributed by atoms with van der Waals surface area (Å²) < 4.78 is 5.40. The molecule has 0 aliphatic carbocycles. The van der Waals surface area contributed by atoms with Gasteiger partial charge in [0.1, 0.15) is 11.8 Å². The lowest BCUT2D eigenvalue weighted by Crippen LogP contribution is -2.27. The topological polar surface area (TPSA) is 82.4 Å². The van der Waals surface area contributed by atoms with E-state index in [2.05, 4.69) is 5.32 Å². The molecule has 26 heavy (non-hydrogen) atoms. The molecule has 1 N–H and O–H groups in total. The predicted octanol–water partition coefficient (Wildman–Crippen LogP) is 2.81. The van der Waals surface area contributed by atoms with Crippen molar-refractivity contribution in [3.63, 3.8) is 0 Å². The van der Waals surface area contributed by atoms with Crippen molar-refractivity contribution in [2.24, 2.45) is 0 Å². The average Bonchev–Trinajstić information content (AvgIpc) is 3.21. The van der Waals surface area contributed by atoms with Crippen LogP contribution in [0.5, 0.6) is 5.75 Å². The molecule has 0 atom stereocenters. The van der Waals surface area contributed by atoms with Crippen molar-refractivity contribution in [1.82, 2.24) is 4.90 Å². The van der Waals surface area contributed by atoms with Gasteiger partial charge in [-0.05, 0) is 49.2 Å². The molecule has 1 fully saturated rings. The normalized spacial score (nSPS) is 13.1. The first-order valence-corrected chi connectivity index (χ1v) is 8.48. The summed E-state index contributed by atoms with van der Waals surface area (Å²) in [7, 11) is 0. The Morgan fingerprint density at radius 3 is 2.46 bits per heavy atom. The summed E-state index contributed by atoms with van der Waals surface area (Å²) in [6.07, 6.45) is 2.10. The van der Waals surface area contributed by atoms with E-state index in [4.69, 9.17) is 10.00 Å². The van der Waals surface area contributed by atoms with E-state index in [9.17, 15) is 9.59 Å². The maximum absolute atomic E-state index is 12.3. The molecule has 0 bridgehead atoms. The lowest BCUT2D eigenvalue weighted by Gasteiger charge is -2.15. The molecule has 0 saturated carbocycles. The molecular weight excluding hydrogens is 330 g/mol. The highest BCUT2D eigenvalue weighted by molar-refractivity contribution is 5.96. The van der Waals surface area contributed by atoms with E-state index in [0.717, 1.165) is 25.9 Å². The summed E-state index contributed by atoms with van der Waals surface area (Å²) in [4.78, 5) is 26.2. The molecule has 2 amide bonds. The molecule has 132 valence electrons. The molecule has 1 aliphatic rings. The monoisotopic (exact) mass is 349 g/mol. The van der Waals surface area contributed by atoms with Crippen molar-refractivity contribution in [2.45, 2.75) is 12.8 Å². The highest BCUT2D eigenvalue weighted by Crippen LogP contribution is 2.17. The van der Waals surface area contributed by atoms with Crippen molar-refractivity contribution in [3.05, 3.63) is 59.7 Å². The number of carbonyl (C=O) groups excluding carboxylic acids is 2. The fourth-order valence-electron chi connectivity index (χ4n) is 2.82. The molecule has 0 aromatic heterocycles. The molecule has 1 saturated heterocycles. The van der Waals surface area contributed by atoms with Crippen LogP contribution in [0, 0.1) is 11.3 Å². The summed E-state index contributed by atoms with van der Waals surface area (Å²) in [6, 6.07) is 15.6. The van der Waals surface area contributed by atoms with Crippen LogP contribution in [0.25, 0.3) is 0 Å². The minimum Gasteiger partial charge on any atom is -0.482 e. The van der Waals surface area contributed by atoms with Gasteiger partial charge in [-0.2, -0.15) is 5.26 Å². The maximum Gasteiger partial charge on any atom is 0.262 e. The van der Waals surface area contributed by atoms with Crippen molar-refractivity contribution in [3.8, 4) is 11.8 Å². The Labute approximate surface area is 152 Å². The van der Waals surface area contributed by atoms with Crippen LogP contribution >= 0.6 is 0 Å². The molecule has 6 heteroatoms. The Balaban J connectivity index is 1.54. The van der Waals surface area contributed by atoms with E-state index in [-0.39, 0.29) is 18.4 Å². The first-order valence-electron chi connectivity index (χ1n) is 8.48. The predicted molar refractivity (Wildman–Crippen MR) is 96.9 cm³/mol. The van der Waals surface area contributed by atoms with E-state index >= 15 is 0 Å². The van der Waals surface area contributed by atoms with Crippen molar-refractivity contribution in [2.75, 3.05) is 25.0 Å². The summed E-state index contributed by atoms with van der Waals surface area (Å²) in [5.74, 6) is 0.0601. The van der Waals surface area contributed by atoms with Gasteiger partial charge in [-0.15, -0.1) is 0 Å². The number of nitriles is 1. The van der Waals surface area contributed by atoms with Crippen molar-refractivity contribution < 1.29 is 14.3 Å². The zero-order chi connectivity index (χ0) is 18.4. The van der Waals surface area contributed by atoms with Gasteiger partial charge in [0.15, 0.2) is 6.61 Å². The minimum absolute atomic E-state index is 0.0248. The van der Waals surface area contributed by atoms with E-state index in [1.807, 2.05) is 11.0 Å². The Bertz CT molecular complexity index is 834. The molecule has 2 aromatic rings. The molecule has 0 radical (unpaired) electrons. The lowest BCUT2D eigenvalue weighted by atomic mass is 10.2. The second kappa shape index (κ2) is 8.17. The van der Waals surface area contributed by atoms with Crippen LogP contribution in [0.4, 0.5) is 5.69 Å². The first-order chi connectivity index (χ1) is 12.7. The quantitative estimate of drug-likeness (QED) is 0.900. The van der Waals surface area contributed by atoms with Gasteiger partial charge < -0.3 is 15.0 Å². The SMILES string of the molecule is N#Cc1ccccc1OCC(=O)Nc1ccc(C(=O)N2CCCC2)cc1. The van der Waals surface area contributed by atoms with Gasteiger partial charge >= 0.3 is 0 Å². The number of nitrogens with one attached hydrogen (secondary N) is 1. The van der Waals surface area contributed by atoms with Crippen LogP contribution in [0.15, 0.2) is 48.5 Å². The molecule has 0 unspecified atom stereocenters. The first kappa shape index (κ1) is 17.5. The number of carbonyl (C=O) groups is 2. The Kier molecular flexibility index (Phi) is 5.49. The maximum atomic E-state index is 12.3. The van der Waals surface area contributed by atoms with Gasteiger partial charge in [-0.25, -0.2) is 0 Å². The number of hydrogen-bond donors (Lipinski definition) is 1. The standard InChI is InChI=1S/C20H19N3O3/c21-13-16-5-1-2-6-18(16)26-14-19(24)22-17-9-7-15(8-10-17)20(25)23-11-3-4-12-23/h1-2,5-10H,3-4,11-12,14H2,(H,22,24). The molecule has 2 aromatic carbocycles. The van der Waals surface area contributed by atoms with E-state index in [0.29, 0.717) is 22.6 Å². The summed E-state index contributed by atoms with van der Waals surface area (Å²) in [6.45, 7) is 1.41. The number of para-hydroxylation sites is 1. The van der Waals surface area contributed by atoms with Crippen LogP contribution < -0.4 is 10.1 Å². The largest absolute Gasteiger partial charge is 0.482 e. The summed E-state index contributed by atoms with van der Waals surface area (Å²) in [5, 5.41) is 11.7. The molecule has 1 aliphatic heterocycles. The van der Waals surface area contributed by atoms with E-state index in [1.54, 1.807) is 48.5 Å². The van der Waals surface area contributed by atoms with Gasteiger partial charge in [0, 0.05) is 24.3 Å². The van der Waals surface area contributed by atoms with Crippen LogP contribution in [-0.4, -0.2) is 36.4 Å². The van der Waals surface area contributed by atoms with Gasteiger partial charge in [-0.3, -0.25) is 9.59 Å². The summed E-state index contributed by atoms with van der Waals surface area (Å²) >= 11 is 0. The Hall–Kier alpha value is -3.33. The fraction of sp³-hybridized carbons (Fsp3) is 0.250. The highest BCUT2D eigenvalue weighted by Gasteiger charge is 2.19. The second-order valence-electron chi connectivity index (χ2n) is 6.02. The number of benzene rings is 2. The van der Waals surface area contributed by atoms with Crippen LogP contribution in [0.1, 0.15) is 28.8 Å². The van der Waals surface area contributed by atoms with Crippen molar-refractivity contribution in [1.29, 1.82) is 5.26 Å². The zero-order valence-electron chi connectivity index (χ0n) is 14.3. The van der Waals surface area contributed by atoms with Gasteiger partial charge in [0.05, 0.1) is 5.56 Å². The number of rotatable bonds is 5. The molecular formula is C20H19N3O3. The third kappa shape index (κ3) is 4.19. The van der Waals surface area contributed by atoms with E-state index in [1.165, 1.54) is 0 Å². The number of nitrogens with zero attached hydrogens (tertiary/aromatic N) is 2. The Morgan fingerprint density at radius 2 is 1.77 bits per heavy atom.